The van der Waals surface area contributed by atoms with Crippen LogP contribution in [0.15, 0.2) is 36.4 Å². The molecule has 6 nitrogen and oxygen atoms in total. The van der Waals surface area contributed by atoms with Gasteiger partial charge in [0.05, 0.1) is 25.2 Å². The third kappa shape index (κ3) is 5.65. The van der Waals surface area contributed by atoms with Crippen LogP contribution in [0, 0.1) is 5.82 Å². The van der Waals surface area contributed by atoms with E-state index in [1.54, 1.807) is 37.3 Å². The standard InChI is InChI=1S/C18H23FN2O4/c1-2-17(23)21-15-8-7-13(25-16(15)11-22)9-18(24)20-10-12-5-3-4-6-14(12)19/h3-8,13,15-16,22H,2,9-11H2,1H3,(H,20,24)(H,21,23)/t13-,15+,16+/m1/s1. The molecule has 1 aliphatic heterocycles. The number of carbonyl (C=O) groups is 2. The van der Waals surface area contributed by atoms with Crippen molar-refractivity contribution in [2.24, 2.45) is 0 Å². The highest BCUT2D eigenvalue weighted by Gasteiger charge is 2.28. The topological polar surface area (TPSA) is 87.7 Å². The van der Waals surface area contributed by atoms with Gasteiger partial charge in [-0.3, -0.25) is 9.59 Å². The molecule has 1 heterocycles. The van der Waals surface area contributed by atoms with Crippen molar-refractivity contribution < 1.29 is 23.8 Å². The van der Waals surface area contributed by atoms with Crippen LogP contribution in [0.5, 0.6) is 0 Å². The van der Waals surface area contributed by atoms with Crippen molar-refractivity contribution in [1.82, 2.24) is 10.6 Å². The third-order valence-corrected chi connectivity index (χ3v) is 3.93. The molecule has 0 saturated carbocycles. The van der Waals surface area contributed by atoms with E-state index in [0.717, 1.165) is 0 Å². The van der Waals surface area contributed by atoms with Crippen LogP contribution >= 0.6 is 0 Å². The highest BCUT2D eigenvalue weighted by atomic mass is 19.1. The molecule has 0 aliphatic carbocycles. The molecular formula is C18H23FN2O4. The number of hydrogen-bond acceptors (Lipinski definition) is 4. The van der Waals surface area contributed by atoms with Crippen molar-refractivity contribution in [3.63, 3.8) is 0 Å². The fourth-order valence-electron chi connectivity index (χ4n) is 2.51. The Bertz CT molecular complexity index is 635. The molecule has 1 aromatic rings. The fourth-order valence-corrected chi connectivity index (χ4v) is 2.51. The van der Waals surface area contributed by atoms with E-state index in [1.165, 1.54) is 6.07 Å². The van der Waals surface area contributed by atoms with Gasteiger partial charge in [0.2, 0.25) is 11.8 Å². The average Bonchev–Trinajstić information content (AvgIpc) is 2.62. The second kappa shape index (κ2) is 9.29. The van der Waals surface area contributed by atoms with Crippen LogP contribution in [0.1, 0.15) is 25.3 Å². The van der Waals surface area contributed by atoms with Gasteiger partial charge in [0.25, 0.3) is 0 Å². The Morgan fingerprint density at radius 1 is 1.24 bits per heavy atom. The lowest BCUT2D eigenvalue weighted by Crippen LogP contribution is -2.48. The van der Waals surface area contributed by atoms with Crippen LogP contribution in [0.2, 0.25) is 0 Å². The van der Waals surface area contributed by atoms with Gasteiger partial charge in [0.1, 0.15) is 11.9 Å². The number of amides is 2. The van der Waals surface area contributed by atoms with Crippen molar-refractivity contribution in [3.8, 4) is 0 Å². The number of aliphatic hydroxyl groups excluding tert-OH is 1. The van der Waals surface area contributed by atoms with E-state index in [0.29, 0.717) is 12.0 Å². The average molecular weight is 350 g/mol. The monoisotopic (exact) mass is 350 g/mol. The predicted octanol–water partition coefficient (Wildman–Crippen LogP) is 1.04. The van der Waals surface area contributed by atoms with Crippen molar-refractivity contribution in [2.75, 3.05) is 6.61 Å². The van der Waals surface area contributed by atoms with Crippen molar-refractivity contribution in [2.45, 2.75) is 44.6 Å². The molecule has 25 heavy (non-hydrogen) atoms. The van der Waals surface area contributed by atoms with Gasteiger partial charge in [-0.25, -0.2) is 4.39 Å². The van der Waals surface area contributed by atoms with Crippen molar-refractivity contribution in [1.29, 1.82) is 0 Å². The number of hydrogen-bond donors (Lipinski definition) is 3. The summed E-state index contributed by atoms with van der Waals surface area (Å²) < 4.78 is 19.2. The molecule has 0 radical (unpaired) electrons. The van der Waals surface area contributed by atoms with E-state index in [1.807, 2.05) is 0 Å². The summed E-state index contributed by atoms with van der Waals surface area (Å²) >= 11 is 0. The molecule has 0 unspecified atom stereocenters. The first-order chi connectivity index (χ1) is 12.0. The summed E-state index contributed by atoms with van der Waals surface area (Å²) in [5.74, 6) is -0.796. The second-order valence-electron chi connectivity index (χ2n) is 5.80. The van der Waals surface area contributed by atoms with Crippen LogP contribution in [-0.2, 0) is 20.9 Å². The Labute approximate surface area is 146 Å². The minimum absolute atomic E-state index is 0.0515. The van der Waals surface area contributed by atoms with Crippen molar-refractivity contribution >= 4 is 11.8 Å². The quantitative estimate of drug-likeness (QED) is 0.641. The summed E-state index contributed by atoms with van der Waals surface area (Å²) in [4.78, 5) is 23.5. The number of nitrogens with one attached hydrogen (secondary N) is 2. The number of halogens is 1. The molecule has 2 amide bonds. The van der Waals surface area contributed by atoms with Crippen molar-refractivity contribution in [3.05, 3.63) is 47.8 Å². The Morgan fingerprint density at radius 3 is 2.68 bits per heavy atom. The number of benzene rings is 1. The van der Waals surface area contributed by atoms with Gasteiger partial charge >= 0.3 is 0 Å². The normalized spacial score (nSPS) is 22.4. The zero-order chi connectivity index (χ0) is 18.2. The molecule has 3 N–H and O–H groups in total. The maximum absolute atomic E-state index is 13.5. The number of rotatable bonds is 7. The number of ether oxygens (including phenoxy) is 1. The van der Waals surface area contributed by atoms with Gasteiger partial charge in [0.15, 0.2) is 0 Å². The maximum atomic E-state index is 13.5. The lowest BCUT2D eigenvalue weighted by molar-refractivity contribution is -0.128. The Kier molecular flexibility index (Phi) is 7.09. The third-order valence-electron chi connectivity index (χ3n) is 3.93. The van der Waals surface area contributed by atoms with Gasteiger partial charge in [-0.15, -0.1) is 0 Å². The Morgan fingerprint density at radius 2 is 2.00 bits per heavy atom. The molecule has 0 spiro atoms. The predicted molar refractivity (Wildman–Crippen MR) is 90.0 cm³/mol. The van der Waals surface area contributed by atoms with E-state index < -0.39 is 18.2 Å². The zero-order valence-corrected chi connectivity index (χ0v) is 14.1. The van der Waals surface area contributed by atoms with Crippen LogP contribution in [-0.4, -0.2) is 41.8 Å². The summed E-state index contributed by atoms with van der Waals surface area (Å²) in [5.41, 5.74) is 0.409. The molecule has 0 bridgehead atoms. The van der Waals surface area contributed by atoms with Gasteiger partial charge in [-0.05, 0) is 6.07 Å². The first-order valence-corrected chi connectivity index (χ1v) is 8.27. The first kappa shape index (κ1) is 19.1. The van der Waals surface area contributed by atoms with Gasteiger partial charge in [-0.2, -0.15) is 0 Å². The lowest BCUT2D eigenvalue weighted by Gasteiger charge is -2.31. The Balaban J connectivity index is 1.86. The van der Waals surface area contributed by atoms with Gasteiger partial charge in [0, 0.05) is 18.5 Å². The summed E-state index contributed by atoms with van der Waals surface area (Å²) in [7, 11) is 0. The molecular weight excluding hydrogens is 327 g/mol. The minimum atomic E-state index is -0.607. The molecule has 136 valence electrons. The number of carbonyl (C=O) groups excluding carboxylic acids is 2. The molecule has 3 atom stereocenters. The molecule has 0 aromatic heterocycles. The first-order valence-electron chi connectivity index (χ1n) is 8.27. The minimum Gasteiger partial charge on any atom is -0.394 e. The van der Waals surface area contributed by atoms with E-state index in [4.69, 9.17) is 4.74 Å². The van der Waals surface area contributed by atoms with E-state index >= 15 is 0 Å². The molecule has 1 aliphatic rings. The molecule has 1 aromatic carbocycles. The highest BCUT2D eigenvalue weighted by Crippen LogP contribution is 2.16. The largest absolute Gasteiger partial charge is 0.394 e. The van der Waals surface area contributed by atoms with E-state index in [9.17, 15) is 19.1 Å². The SMILES string of the molecule is CCC(=O)N[C@H]1C=C[C@H](CC(=O)NCc2ccccc2F)O[C@H]1CO. The lowest BCUT2D eigenvalue weighted by atomic mass is 10.0. The van der Waals surface area contributed by atoms with E-state index in [-0.39, 0.29) is 37.2 Å². The fraction of sp³-hybridized carbons (Fsp3) is 0.444. The van der Waals surface area contributed by atoms with Crippen LogP contribution in [0.3, 0.4) is 0 Å². The van der Waals surface area contributed by atoms with Crippen LogP contribution < -0.4 is 10.6 Å². The number of aliphatic hydroxyl groups is 1. The molecule has 2 rings (SSSR count). The zero-order valence-electron chi connectivity index (χ0n) is 14.1. The maximum Gasteiger partial charge on any atom is 0.223 e. The summed E-state index contributed by atoms with van der Waals surface area (Å²) in [6.07, 6.45) is 2.69. The molecule has 0 saturated heterocycles. The molecule has 7 heteroatoms. The van der Waals surface area contributed by atoms with Gasteiger partial charge < -0.3 is 20.5 Å². The van der Waals surface area contributed by atoms with Crippen LogP contribution in [0.25, 0.3) is 0 Å². The smallest absolute Gasteiger partial charge is 0.223 e. The highest BCUT2D eigenvalue weighted by molar-refractivity contribution is 5.77. The van der Waals surface area contributed by atoms with Crippen LogP contribution in [0.4, 0.5) is 4.39 Å². The van der Waals surface area contributed by atoms with Gasteiger partial charge in [-0.1, -0.05) is 37.3 Å². The second-order valence-corrected chi connectivity index (χ2v) is 5.80. The van der Waals surface area contributed by atoms with E-state index in [2.05, 4.69) is 10.6 Å². The summed E-state index contributed by atoms with van der Waals surface area (Å²) in [5, 5.41) is 14.8. The summed E-state index contributed by atoms with van der Waals surface area (Å²) in [6, 6.07) is 5.81. The summed E-state index contributed by atoms with van der Waals surface area (Å²) in [6.45, 7) is 1.56. The Hall–Kier alpha value is -2.25. The molecule has 0 fully saturated rings.